The molecule has 12 nitrogen and oxygen atoms in total. The number of hydrogen-bond donors (Lipinski definition) is 0. The molecule has 0 amide bonds. The van der Waals surface area contributed by atoms with Crippen LogP contribution in [0.15, 0.2) is 92.0 Å². The SMILES string of the molecule is C=CC(=O)OCCCCCCOc1ccc(C(=O)Oc2ccc(OC(=O)c3ccc(OCCCCCCOC(=O)C=C)cc3)c(C(=O)OCCCCl)c2)cc1. The van der Waals surface area contributed by atoms with Gasteiger partial charge < -0.3 is 33.2 Å². The van der Waals surface area contributed by atoms with Crippen molar-refractivity contribution in [3.05, 3.63) is 109 Å². The molecule has 3 aromatic rings. The van der Waals surface area contributed by atoms with Crippen LogP contribution >= 0.6 is 11.6 Å². The Morgan fingerprint density at radius 1 is 0.491 bits per heavy atom. The highest BCUT2D eigenvalue weighted by atomic mass is 35.5. The number of alkyl halides is 1. The second-order valence-corrected chi connectivity index (χ2v) is 12.3. The van der Waals surface area contributed by atoms with Crippen LogP contribution in [0.1, 0.15) is 88.9 Å². The maximum absolute atomic E-state index is 13.1. The fourth-order valence-electron chi connectivity index (χ4n) is 4.78. The van der Waals surface area contributed by atoms with Gasteiger partial charge in [0.2, 0.25) is 0 Å². The van der Waals surface area contributed by atoms with E-state index in [2.05, 4.69) is 13.2 Å². The number of ether oxygens (including phenoxy) is 7. The molecule has 0 saturated heterocycles. The zero-order valence-electron chi connectivity index (χ0n) is 30.8. The predicted octanol–water partition coefficient (Wildman–Crippen LogP) is 8.25. The van der Waals surface area contributed by atoms with Gasteiger partial charge in [0.1, 0.15) is 28.6 Å². The Hall–Kier alpha value is -5.62. The van der Waals surface area contributed by atoms with E-state index < -0.39 is 29.8 Å². The van der Waals surface area contributed by atoms with Gasteiger partial charge in [0.25, 0.3) is 0 Å². The van der Waals surface area contributed by atoms with Crippen LogP contribution in [0, 0.1) is 0 Å². The molecule has 0 N–H and O–H groups in total. The van der Waals surface area contributed by atoms with Crippen LogP contribution in [0.25, 0.3) is 0 Å². The number of halogens is 1. The second kappa shape index (κ2) is 25.4. The number of unbranched alkanes of at least 4 members (excludes halogenated alkanes) is 6. The first-order valence-corrected chi connectivity index (χ1v) is 18.6. The van der Waals surface area contributed by atoms with Crippen LogP contribution < -0.4 is 18.9 Å². The van der Waals surface area contributed by atoms with Crippen molar-refractivity contribution in [1.29, 1.82) is 0 Å². The first-order chi connectivity index (χ1) is 26.7. The normalized spacial score (nSPS) is 10.4. The van der Waals surface area contributed by atoms with Crippen molar-refractivity contribution in [3.63, 3.8) is 0 Å². The van der Waals surface area contributed by atoms with E-state index in [1.807, 2.05) is 0 Å². The van der Waals surface area contributed by atoms with Crippen LogP contribution in [0.3, 0.4) is 0 Å². The standard InChI is InChI=1S/C42H47ClO12/c1-3-38(44)51-27-11-7-5-9-25-49-33-18-14-31(15-19-33)40(46)54-35-22-23-37(36(30-35)42(48)53-29-13-24-43)55-41(47)32-16-20-34(21-17-32)50-26-10-6-8-12-28-52-39(45)4-2/h3-4,14-23,30H,1-2,5-13,24-29H2. The highest BCUT2D eigenvalue weighted by molar-refractivity contribution is 6.17. The summed E-state index contributed by atoms with van der Waals surface area (Å²) in [6.07, 6.45) is 9.40. The van der Waals surface area contributed by atoms with Crippen LogP contribution in [0.2, 0.25) is 0 Å². The van der Waals surface area contributed by atoms with Gasteiger partial charge in [0, 0.05) is 18.0 Å². The molecule has 0 aromatic heterocycles. The number of esters is 5. The van der Waals surface area contributed by atoms with E-state index in [1.54, 1.807) is 48.5 Å². The molecule has 0 spiro atoms. The molecule has 3 aromatic carbocycles. The Morgan fingerprint density at radius 3 is 1.40 bits per heavy atom. The summed E-state index contributed by atoms with van der Waals surface area (Å²) >= 11 is 5.73. The van der Waals surface area contributed by atoms with Crippen molar-refractivity contribution in [2.75, 3.05) is 38.9 Å². The molecule has 13 heteroatoms. The minimum absolute atomic E-state index is 0.0336. The van der Waals surface area contributed by atoms with Gasteiger partial charge in [0.05, 0.1) is 44.2 Å². The molecule has 0 heterocycles. The lowest BCUT2D eigenvalue weighted by atomic mass is 10.1. The monoisotopic (exact) mass is 778 g/mol. The lowest BCUT2D eigenvalue weighted by molar-refractivity contribution is -0.138. The third-order valence-corrected chi connectivity index (χ3v) is 7.98. The molecule has 0 radical (unpaired) electrons. The van der Waals surface area contributed by atoms with Gasteiger partial charge in [-0.05, 0) is 125 Å². The van der Waals surface area contributed by atoms with Gasteiger partial charge in [0.15, 0.2) is 0 Å². The maximum atomic E-state index is 13.1. The fraction of sp³-hybridized carbons (Fsp3) is 0.357. The average molecular weight is 779 g/mol. The summed E-state index contributed by atoms with van der Waals surface area (Å²) in [4.78, 5) is 61.2. The van der Waals surface area contributed by atoms with E-state index in [0.29, 0.717) is 44.3 Å². The van der Waals surface area contributed by atoms with Gasteiger partial charge in [-0.25, -0.2) is 24.0 Å². The third kappa shape index (κ3) is 16.9. The summed E-state index contributed by atoms with van der Waals surface area (Å²) in [6.45, 7) is 8.43. The highest BCUT2D eigenvalue weighted by Gasteiger charge is 2.21. The van der Waals surface area contributed by atoms with Crippen molar-refractivity contribution >= 4 is 41.4 Å². The molecule has 0 aliphatic carbocycles. The molecule has 0 atom stereocenters. The fourth-order valence-corrected chi connectivity index (χ4v) is 4.89. The Kier molecular flexibility index (Phi) is 20.2. The molecule has 0 bridgehead atoms. The van der Waals surface area contributed by atoms with Crippen molar-refractivity contribution < 1.29 is 57.1 Å². The summed E-state index contributed by atoms with van der Waals surface area (Å²) in [5, 5.41) is 0. The molecule has 0 aliphatic heterocycles. The molecular formula is C42H47ClO12. The van der Waals surface area contributed by atoms with Crippen LogP contribution in [-0.2, 0) is 23.8 Å². The predicted molar refractivity (Wildman–Crippen MR) is 205 cm³/mol. The Balaban J connectivity index is 1.52. The molecular weight excluding hydrogens is 732 g/mol. The Morgan fingerprint density at radius 2 is 0.927 bits per heavy atom. The van der Waals surface area contributed by atoms with Gasteiger partial charge in [-0.1, -0.05) is 13.2 Å². The van der Waals surface area contributed by atoms with E-state index in [-0.39, 0.29) is 40.7 Å². The third-order valence-electron chi connectivity index (χ3n) is 7.71. The number of carbonyl (C=O) groups excluding carboxylic acids is 5. The topological polar surface area (TPSA) is 150 Å². The molecule has 294 valence electrons. The first kappa shape index (κ1) is 43.8. The molecule has 0 saturated carbocycles. The van der Waals surface area contributed by atoms with Crippen LogP contribution in [0.4, 0.5) is 0 Å². The van der Waals surface area contributed by atoms with Crippen molar-refractivity contribution in [2.45, 2.75) is 57.8 Å². The summed E-state index contributed by atoms with van der Waals surface area (Å²) in [5.74, 6) is -1.66. The molecule has 55 heavy (non-hydrogen) atoms. The molecule has 3 rings (SSSR count). The lowest BCUT2D eigenvalue weighted by Crippen LogP contribution is -2.15. The Bertz CT molecular complexity index is 1700. The quantitative estimate of drug-likeness (QED) is 0.0193. The van der Waals surface area contributed by atoms with Gasteiger partial charge >= 0.3 is 29.8 Å². The molecule has 0 aliphatic rings. The van der Waals surface area contributed by atoms with E-state index in [4.69, 9.17) is 44.8 Å². The number of carbonyl (C=O) groups is 5. The van der Waals surface area contributed by atoms with E-state index in [9.17, 15) is 24.0 Å². The molecule has 0 unspecified atom stereocenters. The maximum Gasteiger partial charge on any atom is 0.343 e. The van der Waals surface area contributed by atoms with E-state index in [1.165, 1.54) is 18.2 Å². The minimum Gasteiger partial charge on any atom is -0.494 e. The smallest absolute Gasteiger partial charge is 0.343 e. The second-order valence-electron chi connectivity index (χ2n) is 11.9. The number of hydrogen-bond acceptors (Lipinski definition) is 12. The van der Waals surface area contributed by atoms with Gasteiger partial charge in [-0.2, -0.15) is 0 Å². The van der Waals surface area contributed by atoms with E-state index >= 15 is 0 Å². The van der Waals surface area contributed by atoms with Gasteiger partial charge in [-0.15, -0.1) is 11.6 Å². The van der Waals surface area contributed by atoms with Crippen molar-refractivity contribution in [2.24, 2.45) is 0 Å². The van der Waals surface area contributed by atoms with Crippen LogP contribution in [-0.4, -0.2) is 68.8 Å². The van der Waals surface area contributed by atoms with Crippen molar-refractivity contribution in [1.82, 2.24) is 0 Å². The lowest BCUT2D eigenvalue weighted by Gasteiger charge is -2.13. The van der Waals surface area contributed by atoms with Gasteiger partial charge in [-0.3, -0.25) is 0 Å². The highest BCUT2D eigenvalue weighted by Crippen LogP contribution is 2.28. The zero-order valence-corrected chi connectivity index (χ0v) is 31.6. The van der Waals surface area contributed by atoms with Crippen molar-refractivity contribution in [3.8, 4) is 23.0 Å². The van der Waals surface area contributed by atoms with E-state index in [0.717, 1.165) is 63.5 Å². The summed E-state index contributed by atoms with van der Waals surface area (Å²) in [6, 6.07) is 16.8. The molecule has 0 fully saturated rings. The average Bonchev–Trinajstić information content (AvgIpc) is 3.20. The largest absolute Gasteiger partial charge is 0.494 e. The minimum atomic E-state index is -0.787. The number of benzene rings is 3. The van der Waals surface area contributed by atoms with Crippen LogP contribution in [0.5, 0.6) is 23.0 Å². The summed E-state index contributed by atoms with van der Waals surface area (Å²) < 4.78 is 37.8. The first-order valence-electron chi connectivity index (χ1n) is 18.1. The number of rotatable bonds is 26. The summed E-state index contributed by atoms with van der Waals surface area (Å²) in [7, 11) is 0. The summed E-state index contributed by atoms with van der Waals surface area (Å²) in [5.41, 5.74) is 0.350. The zero-order chi connectivity index (χ0) is 39.7. The Labute approximate surface area is 326 Å².